The van der Waals surface area contributed by atoms with Crippen LogP contribution < -0.4 is 0 Å². The molecule has 1 aliphatic rings. The Morgan fingerprint density at radius 1 is 0.840 bits per heavy atom. The smallest absolute Gasteiger partial charge is 0.255 e. The van der Waals surface area contributed by atoms with E-state index in [0.717, 1.165) is 0 Å². The molecular weight excluding hydrogens is 366 g/mol. The maximum atomic E-state index is 13.0. The maximum absolute atomic E-state index is 13.0. The zero-order valence-electron chi connectivity index (χ0n) is 13.2. The van der Waals surface area contributed by atoms with E-state index in [9.17, 15) is 14.0 Å². The van der Waals surface area contributed by atoms with Crippen LogP contribution in [0.15, 0.2) is 42.5 Å². The van der Waals surface area contributed by atoms with Gasteiger partial charge in [0.1, 0.15) is 5.82 Å². The van der Waals surface area contributed by atoms with Crippen molar-refractivity contribution in [3.05, 3.63) is 69.5 Å². The van der Waals surface area contributed by atoms with Gasteiger partial charge in [0, 0.05) is 36.8 Å². The topological polar surface area (TPSA) is 40.6 Å². The van der Waals surface area contributed by atoms with Gasteiger partial charge in [0.2, 0.25) is 0 Å². The van der Waals surface area contributed by atoms with Crippen LogP contribution in [0.4, 0.5) is 4.39 Å². The van der Waals surface area contributed by atoms with Gasteiger partial charge in [0.25, 0.3) is 11.8 Å². The molecule has 3 rings (SSSR count). The minimum Gasteiger partial charge on any atom is -0.335 e. The molecule has 7 heteroatoms. The number of rotatable bonds is 2. The molecule has 1 heterocycles. The van der Waals surface area contributed by atoms with Crippen molar-refractivity contribution in [1.82, 2.24) is 9.80 Å². The summed E-state index contributed by atoms with van der Waals surface area (Å²) in [6.45, 7) is 1.63. The highest BCUT2D eigenvalue weighted by molar-refractivity contribution is 6.36. The molecule has 0 spiro atoms. The molecule has 0 saturated carbocycles. The number of carbonyl (C=O) groups excluding carboxylic acids is 2. The number of amides is 2. The molecule has 2 aromatic carbocycles. The number of piperazine rings is 1. The van der Waals surface area contributed by atoms with Gasteiger partial charge in [-0.2, -0.15) is 0 Å². The lowest BCUT2D eigenvalue weighted by Gasteiger charge is -2.35. The fourth-order valence-electron chi connectivity index (χ4n) is 2.72. The quantitative estimate of drug-likeness (QED) is 0.796. The molecule has 1 aliphatic heterocycles. The molecule has 1 fully saturated rings. The summed E-state index contributed by atoms with van der Waals surface area (Å²) in [6, 6.07) is 10.2. The third-order valence-corrected chi connectivity index (χ3v) is 4.65. The van der Waals surface area contributed by atoms with Crippen molar-refractivity contribution in [2.75, 3.05) is 26.2 Å². The van der Waals surface area contributed by atoms with E-state index in [2.05, 4.69) is 0 Å². The van der Waals surface area contributed by atoms with Crippen LogP contribution in [0.3, 0.4) is 0 Å². The minimum absolute atomic E-state index is 0.170. The molecule has 0 atom stereocenters. The number of halogens is 3. The zero-order valence-corrected chi connectivity index (χ0v) is 14.7. The van der Waals surface area contributed by atoms with Crippen molar-refractivity contribution in [2.45, 2.75) is 0 Å². The van der Waals surface area contributed by atoms with E-state index in [1.54, 1.807) is 21.9 Å². The average molecular weight is 381 g/mol. The van der Waals surface area contributed by atoms with Crippen molar-refractivity contribution in [3.8, 4) is 0 Å². The molecule has 0 aliphatic carbocycles. The second-order valence-electron chi connectivity index (χ2n) is 5.72. The van der Waals surface area contributed by atoms with Crippen LogP contribution in [0, 0.1) is 5.82 Å². The highest BCUT2D eigenvalue weighted by atomic mass is 35.5. The third-order valence-electron chi connectivity index (χ3n) is 4.11. The van der Waals surface area contributed by atoms with E-state index in [1.165, 1.54) is 30.3 Å². The molecule has 0 unspecified atom stereocenters. The van der Waals surface area contributed by atoms with E-state index in [0.29, 0.717) is 47.4 Å². The summed E-state index contributed by atoms with van der Waals surface area (Å²) >= 11 is 11.9. The van der Waals surface area contributed by atoms with Crippen LogP contribution in [-0.4, -0.2) is 47.8 Å². The van der Waals surface area contributed by atoms with Crippen molar-refractivity contribution in [1.29, 1.82) is 0 Å². The van der Waals surface area contributed by atoms with Crippen molar-refractivity contribution in [2.24, 2.45) is 0 Å². The molecule has 0 radical (unpaired) electrons. The number of carbonyl (C=O) groups is 2. The summed E-state index contributed by atoms with van der Waals surface area (Å²) in [7, 11) is 0. The maximum Gasteiger partial charge on any atom is 0.255 e. The molecule has 0 bridgehead atoms. The lowest BCUT2D eigenvalue weighted by Crippen LogP contribution is -2.50. The SMILES string of the molecule is O=C(c1ccc(F)cc1)N1CCN(C(=O)c2ccc(Cl)cc2Cl)CC1. The van der Waals surface area contributed by atoms with Gasteiger partial charge in [-0.15, -0.1) is 0 Å². The fourth-order valence-corrected chi connectivity index (χ4v) is 3.21. The first-order valence-corrected chi connectivity index (χ1v) is 8.50. The van der Waals surface area contributed by atoms with Crippen LogP contribution in [0.1, 0.15) is 20.7 Å². The Balaban J connectivity index is 1.64. The van der Waals surface area contributed by atoms with E-state index in [1.807, 2.05) is 0 Å². The summed E-state index contributed by atoms with van der Waals surface area (Å²) in [5.41, 5.74) is 0.825. The fraction of sp³-hybridized carbons (Fsp3) is 0.222. The number of benzene rings is 2. The Morgan fingerprint density at radius 2 is 1.40 bits per heavy atom. The molecule has 0 N–H and O–H groups in total. The Hall–Kier alpha value is -2.11. The number of hydrogen-bond donors (Lipinski definition) is 0. The van der Waals surface area contributed by atoms with Crippen LogP contribution in [0.25, 0.3) is 0 Å². The van der Waals surface area contributed by atoms with Gasteiger partial charge < -0.3 is 9.80 Å². The molecule has 130 valence electrons. The van der Waals surface area contributed by atoms with Gasteiger partial charge in [-0.1, -0.05) is 23.2 Å². The minimum atomic E-state index is -0.383. The summed E-state index contributed by atoms with van der Waals surface area (Å²) in [5, 5.41) is 0.776. The lowest BCUT2D eigenvalue weighted by molar-refractivity contribution is 0.0535. The second kappa shape index (κ2) is 7.42. The van der Waals surface area contributed by atoms with Gasteiger partial charge in [0.15, 0.2) is 0 Å². The van der Waals surface area contributed by atoms with Crippen molar-refractivity contribution >= 4 is 35.0 Å². The van der Waals surface area contributed by atoms with Gasteiger partial charge in [0.05, 0.1) is 10.6 Å². The first-order chi connectivity index (χ1) is 12.0. The Bertz CT molecular complexity index is 803. The number of nitrogens with zero attached hydrogens (tertiary/aromatic N) is 2. The van der Waals surface area contributed by atoms with Crippen LogP contribution in [-0.2, 0) is 0 Å². The Morgan fingerprint density at radius 3 is 1.96 bits per heavy atom. The summed E-state index contributed by atoms with van der Waals surface area (Å²) in [4.78, 5) is 28.3. The van der Waals surface area contributed by atoms with E-state index >= 15 is 0 Å². The molecule has 2 amide bonds. The highest BCUT2D eigenvalue weighted by Gasteiger charge is 2.26. The molecule has 0 aromatic heterocycles. The molecule has 25 heavy (non-hydrogen) atoms. The van der Waals surface area contributed by atoms with Gasteiger partial charge >= 0.3 is 0 Å². The second-order valence-corrected chi connectivity index (χ2v) is 6.56. The molecule has 2 aromatic rings. The Labute approximate surface area is 154 Å². The summed E-state index contributed by atoms with van der Waals surface area (Å²) in [5.74, 6) is -0.737. The number of hydrogen-bond acceptors (Lipinski definition) is 2. The predicted octanol–water partition coefficient (Wildman–Crippen LogP) is 3.73. The summed E-state index contributed by atoms with van der Waals surface area (Å²) < 4.78 is 13.0. The van der Waals surface area contributed by atoms with Crippen LogP contribution in [0.2, 0.25) is 10.0 Å². The lowest BCUT2D eigenvalue weighted by atomic mass is 10.1. The predicted molar refractivity (Wildman–Crippen MR) is 94.7 cm³/mol. The first-order valence-electron chi connectivity index (χ1n) is 7.75. The van der Waals surface area contributed by atoms with E-state index in [-0.39, 0.29) is 17.6 Å². The monoisotopic (exact) mass is 380 g/mol. The highest BCUT2D eigenvalue weighted by Crippen LogP contribution is 2.23. The zero-order chi connectivity index (χ0) is 18.0. The first kappa shape index (κ1) is 17.7. The largest absolute Gasteiger partial charge is 0.335 e. The van der Waals surface area contributed by atoms with Crippen LogP contribution in [0.5, 0.6) is 0 Å². The Kier molecular flexibility index (Phi) is 5.25. The normalized spacial score (nSPS) is 14.5. The average Bonchev–Trinajstić information content (AvgIpc) is 2.61. The van der Waals surface area contributed by atoms with Crippen molar-refractivity contribution in [3.63, 3.8) is 0 Å². The summed E-state index contributed by atoms with van der Waals surface area (Å²) in [6.07, 6.45) is 0. The van der Waals surface area contributed by atoms with E-state index < -0.39 is 0 Å². The van der Waals surface area contributed by atoms with Gasteiger partial charge in [-0.3, -0.25) is 9.59 Å². The van der Waals surface area contributed by atoms with Gasteiger partial charge in [-0.25, -0.2) is 4.39 Å². The van der Waals surface area contributed by atoms with E-state index in [4.69, 9.17) is 23.2 Å². The van der Waals surface area contributed by atoms with Gasteiger partial charge in [-0.05, 0) is 42.5 Å². The molecular formula is C18H15Cl2FN2O2. The third kappa shape index (κ3) is 3.94. The van der Waals surface area contributed by atoms with Crippen molar-refractivity contribution < 1.29 is 14.0 Å². The molecule has 4 nitrogen and oxygen atoms in total. The van der Waals surface area contributed by atoms with Crippen LogP contribution >= 0.6 is 23.2 Å². The standard InChI is InChI=1S/C18H15Cl2FN2O2/c19-13-3-6-15(16(20)11-13)18(25)23-9-7-22(8-10-23)17(24)12-1-4-14(21)5-2-12/h1-6,11H,7-10H2. The molecule has 1 saturated heterocycles.